The van der Waals surface area contributed by atoms with Gasteiger partial charge in [-0.2, -0.15) is 0 Å². The van der Waals surface area contributed by atoms with E-state index in [1.54, 1.807) is 60.1 Å². The Morgan fingerprint density at radius 3 is 1.24 bits per heavy atom. The molecule has 0 aromatic heterocycles. The minimum atomic E-state index is -1.42. The van der Waals surface area contributed by atoms with Crippen LogP contribution in [0.3, 0.4) is 0 Å². The number of piperazine rings is 2. The summed E-state index contributed by atoms with van der Waals surface area (Å²) in [6.07, 6.45) is 6.29. The Kier molecular flexibility index (Phi) is 13.3. The quantitative estimate of drug-likeness (QED) is 0.101. The fourth-order valence-corrected chi connectivity index (χ4v) is 9.64. The highest BCUT2D eigenvalue weighted by Crippen LogP contribution is 2.38. The molecule has 4 unspecified atom stereocenters. The average Bonchev–Trinajstić information content (AvgIpc) is 3.35. The van der Waals surface area contributed by atoms with E-state index in [0.717, 1.165) is 11.1 Å². The first-order chi connectivity index (χ1) is 32.5. The van der Waals surface area contributed by atoms with Gasteiger partial charge in [0, 0.05) is 99.0 Å². The second kappa shape index (κ2) is 19.1. The highest BCUT2D eigenvalue weighted by molar-refractivity contribution is 6.05. The van der Waals surface area contributed by atoms with Crippen molar-refractivity contribution in [2.75, 3.05) is 62.2 Å². The van der Waals surface area contributed by atoms with Crippen molar-refractivity contribution < 1.29 is 33.0 Å². The highest BCUT2D eigenvalue weighted by Gasteiger charge is 2.43. The average molecular weight is 925 g/mol. The van der Waals surface area contributed by atoms with Gasteiger partial charge in [-0.15, -0.1) is 0 Å². The molecule has 2 heterocycles. The Hall–Kier alpha value is -7.29. The molecule has 4 atom stereocenters. The number of amides is 2. The summed E-state index contributed by atoms with van der Waals surface area (Å²) in [5.41, 5.74) is 2.39. The standard InChI is InChI=1S/C53H54F2N6O7/c1-35(39-15-17-47(45(54)31-39)56-23-27-58(28-24-56)50(63)43-33-52(3,60(65)66)21-19-41(43)37-11-7-5-8-12-37)49(62)36(2)40-16-18-48(46(55)32-40)57-25-29-59(30-26-57)51(64)44-34-53(4,61(67)68)22-20-42(44)38-13-9-6-10-14-38/h5-22,31-32,35-36H,23-30,33-34H2,1-4H3. The van der Waals surface area contributed by atoms with Gasteiger partial charge in [-0.25, -0.2) is 8.78 Å². The molecular weight excluding hydrogens is 871 g/mol. The summed E-state index contributed by atoms with van der Waals surface area (Å²) in [4.78, 5) is 72.1. The Balaban J connectivity index is 0.880. The molecule has 4 aliphatic rings. The number of carbonyl (C=O) groups is 3. The lowest BCUT2D eigenvalue weighted by Crippen LogP contribution is -2.50. The lowest BCUT2D eigenvalue weighted by Gasteiger charge is -2.37. The van der Waals surface area contributed by atoms with Gasteiger partial charge in [-0.1, -0.05) is 98.8 Å². The van der Waals surface area contributed by atoms with Gasteiger partial charge < -0.3 is 19.6 Å². The molecule has 8 rings (SSSR count). The predicted octanol–water partition coefficient (Wildman–Crippen LogP) is 8.64. The van der Waals surface area contributed by atoms with Crippen LogP contribution in [0.2, 0.25) is 0 Å². The van der Waals surface area contributed by atoms with Crippen molar-refractivity contribution in [1.82, 2.24) is 9.80 Å². The molecule has 2 aliphatic heterocycles. The van der Waals surface area contributed by atoms with E-state index in [-0.39, 0.29) is 66.5 Å². The number of nitrogens with zero attached hydrogens (tertiary/aromatic N) is 6. The van der Waals surface area contributed by atoms with Gasteiger partial charge in [0.1, 0.15) is 17.4 Å². The summed E-state index contributed by atoms with van der Waals surface area (Å²) < 4.78 is 31.8. The summed E-state index contributed by atoms with van der Waals surface area (Å²) in [6.45, 7) is 8.85. The minimum Gasteiger partial charge on any atom is -0.366 e. The molecule has 2 fully saturated rings. The smallest absolute Gasteiger partial charge is 0.250 e. The van der Waals surface area contributed by atoms with Crippen molar-refractivity contribution in [2.24, 2.45) is 0 Å². The van der Waals surface area contributed by atoms with Crippen molar-refractivity contribution in [1.29, 1.82) is 0 Å². The monoisotopic (exact) mass is 924 g/mol. The second-order valence-electron chi connectivity index (χ2n) is 18.6. The normalized spacial score (nSPS) is 21.7. The number of Topliss-reactive ketones (excluding diaryl/α,β-unsaturated/α-hetero) is 1. The summed E-state index contributed by atoms with van der Waals surface area (Å²) in [5.74, 6) is -3.23. The zero-order chi connectivity index (χ0) is 48.5. The van der Waals surface area contributed by atoms with Crippen molar-refractivity contribution in [3.05, 3.63) is 187 Å². The molecule has 0 N–H and O–H groups in total. The van der Waals surface area contributed by atoms with Crippen molar-refractivity contribution in [3.8, 4) is 0 Å². The van der Waals surface area contributed by atoms with Crippen molar-refractivity contribution in [3.63, 3.8) is 0 Å². The predicted molar refractivity (Wildman–Crippen MR) is 257 cm³/mol. The summed E-state index contributed by atoms with van der Waals surface area (Å²) in [5, 5.41) is 24.0. The van der Waals surface area contributed by atoms with Gasteiger partial charge in [0.2, 0.25) is 11.1 Å². The number of carbonyl (C=O) groups excluding carboxylic acids is 3. The van der Waals surface area contributed by atoms with E-state index in [4.69, 9.17) is 0 Å². The molecule has 2 amide bonds. The molecule has 2 saturated heterocycles. The van der Waals surface area contributed by atoms with E-state index in [1.165, 1.54) is 38.1 Å². The summed E-state index contributed by atoms with van der Waals surface area (Å²) in [7, 11) is 0. The van der Waals surface area contributed by atoms with Crippen LogP contribution in [0.4, 0.5) is 20.2 Å². The Morgan fingerprint density at radius 2 is 0.912 bits per heavy atom. The molecule has 0 bridgehead atoms. The molecule has 4 aromatic carbocycles. The maximum atomic E-state index is 15.9. The number of halogens is 2. The third kappa shape index (κ3) is 9.34. The lowest BCUT2D eigenvalue weighted by molar-refractivity contribution is -0.550. The highest BCUT2D eigenvalue weighted by atomic mass is 19.1. The number of rotatable bonds is 12. The van der Waals surface area contributed by atoms with Gasteiger partial charge in [0.15, 0.2) is 0 Å². The van der Waals surface area contributed by atoms with Crippen molar-refractivity contribution in [2.45, 2.75) is 63.5 Å². The SMILES string of the molecule is CC(C(=O)C(C)c1ccc(N2CCN(C(=O)C3=C(c4ccccc4)C=CC(C)([N+](=O)[O-])C3)CC2)c(F)c1)c1ccc(N2CCN(C(=O)C3=C(c4ccccc4)C=CC(C)([N+](=O)[O-])C3)CC2)c(F)c1. The maximum absolute atomic E-state index is 15.9. The fraction of sp³-hybridized carbons (Fsp3) is 0.340. The summed E-state index contributed by atoms with van der Waals surface area (Å²) >= 11 is 0. The van der Waals surface area contributed by atoms with Crippen LogP contribution in [0.1, 0.15) is 74.6 Å². The molecule has 4 aromatic rings. The van der Waals surface area contributed by atoms with E-state index in [1.807, 2.05) is 70.5 Å². The van der Waals surface area contributed by atoms with Crippen LogP contribution in [-0.2, 0) is 14.4 Å². The zero-order valence-electron chi connectivity index (χ0n) is 38.6. The van der Waals surface area contributed by atoms with Crippen LogP contribution in [-0.4, -0.2) is 101 Å². The molecule has 0 saturated carbocycles. The zero-order valence-corrected chi connectivity index (χ0v) is 38.6. The molecule has 13 nitrogen and oxygen atoms in total. The second-order valence-corrected chi connectivity index (χ2v) is 18.6. The van der Waals surface area contributed by atoms with Crippen LogP contribution in [0.25, 0.3) is 11.1 Å². The number of benzene rings is 4. The number of hydrogen-bond acceptors (Lipinski definition) is 9. The van der Waals surface area contributed by atoms with Gasteiger partial charge in [-0.3, -0.25) is 34.6 Å². The van der Waals surface area contributed by atoms with Gasteiger partial charge in [0.25, 0.3) is 11.8 Å². The third-order valence-electron chi connectivity index (χ3n) is 14.1. The topological polar surface area (TPSA) is 150 Å². The first-order valence-corrected chi connectivity index (χ1v) is 22.9. The molecular formula is C53H54F2N6O7. The van der Waals surface area contributed by atoms with E-state index in [0.29, 0.717) is 71.0 Å². The molecule has 2 aliphatic carbocycles. The lowest BCUT2D eigenvalue weighted by atomic mass is 9.82. The van der Waals surface area contributed by atoms with E-state index in [2.05, 4.69) is 0 Å². The van der Waals surface area contributed by atoms with E-state index >= 15 is 8.78 Å². The van der Waals surface area contributed by atoms with Crippen LogP contribution < -0.4 is 9.80 Å². The fourth-order valence-electron chi connectivity index (χ4n) is 9.64. The summed E-state index contributed by atoms with van der Waals surface area (Å²) in [6, 6.07) is 28.0. The van der Waals surface area contributed by atoms with Gasteiger partial charge in [0.05, 0.1) is 24.2 Å². The number of nitro groups is 2. The van der Waals surface area contributed by atoms with E-state index in [9.17, 15) is 34.6 Å². The third-order valence-corrected chi connectivity index (χ3v) is 14.1. The number of ketones is 1. The largest absolute Gasteiger partial charge is 0.366 e. The van der Waals surface area contributed by atoms with Crippen LogP contribution >= 0.6 is 0 Å². The Bertz CT molecular complexity index is 2590. The van der Waals surface area contributed by atoms with E-state index < -0.39 is 34.5 Å². The molecule has 352 valence electrons. The first kappa shape index (κ1) is 47.2. The molecule has 68 heavy (non-hydrogen) atoms. The van der Waals surface area contributed by atoms with Crippen LogP contribution in [0.15, 0.2) is 133 Å². The van der Waals surface area contributed by atoms with Crippen molar-refractivity contribution >= 4 is 40.1 Å². The number of allylic oxidation sites excluding steroid dienone is 4. The Morgan fingerprint density at radius 1 is 0.559 bits per heavy atom. The Labute approximate surface area is 394 Å². The number of anilines is 2. The number of hydrogen-bond donors (Lipinski definition) is 0. The van der Waals surface area contributed by atoms with Gasteiger partial charge >= 0.3 is 0 Å². The molecule has 0 spiro atoms. The minimum absolute atomic E-state index is 0.0550. The van der Waals surface area contributed by atoms with Crippen LogP contribution in [0, 0.1) is 31.9 Å². The van der Waals surface area contributed by atoms with Crippen LogP contribution in [0.5, 0.6) is 0 Å². The maximum Gasteiger partial charge on any atom is 0.250 e. The van der Waals surface area contributed by atoms with Gasteiger partial charge in [-0.05, 0) is 69.8 Å². The molecule has 0 radical (unpaired) electrons. The first-order valence-electron chi connectivity index (χ1n) is 22.9. The molecule has 15 heteroatoms.